The van der Waals surface area contributed by atoms with E-state index in [9.17, 15) is 4.79 Å². The van der Waals surface area contributed by atoms with Gasteiger partial charge in [-0.05, 0) is 38.0 Å². The van der Waals surface area contributed by atoms with Crippen molar-refractivity contribution in [3.05, 3.63) is 47.9 Å². The van der Waals surface area contributed by atoms with Gasteiger partial charge in [-0.2, -0.15) is 0 Å². The molecule has 0 aliphatic rings. The number of rotatable bonds is 6. The third-order valence-electron chi connectivity index (χ3n) is 3.32. The Morgan fingerprint density at radius 2 is 2.05 bits per heavy atom. The van der Waals surface area contributed by atoms with Gasteiger partial charge in [0.15, 0.2) is 0 Å². The summed E-state index contributed by atoms with van der Waals surface area (Å²) in [6.45, 7) is 7.46. The quantitative estimate of drug-likeness (QED) is 0.889. The molecule has 5 heteroatoms. The van der Waals surface area contributed by atoms with Crippen molar-refractivity contribution >= 4 is 17.4 Å². The maximum Gasteiger partial charge on any atom is 0.277 e. The number of hydrogen-bond acceptors (Lipinski definition) is 4. The third kappa shape index (κ3) is 3.81. The van der Waals surface area contributed by atoms with Gasteiger partial charge in [-0.3, -0.25) is 4.79 Å². The van der Waals surface area contributed by atoms with Gasteiger partial charge in [-0.25, -0.2) is 9.97 Å². The van der Waals surface area contributed by atoms with Crippen LogP contribution in [0.4, 0.5) is 11.5 Å². The Morgan fingerprint density at radius 3 is 2.73 bits per heavy atom. The SMILES string of the molecule is CCCNc1cc(C(=O)N(CC)c2cccc(C)c2)ncn1. The van der Waals surface area contributed by atoms with Crippen LogP contribution in [0.2, 0.25) is 0 Å². The Bertz CT molecular complexity index is 642. The standard InChI is InChI=1S/C17H22N4O/c1-4-9-18-16-11-15(19-12-20-16)17(22)21(5-2)14-8-6-7-13(3)10-14/h6-8,10-12H,4-5,9H2,1-3H3,(H,18,19,20). The number of aryl methyl sites for hydroxylation is 1. The zero-order valence-electron chi connectivity index (χ0n) is 13.3. The molecule has 116 valence electrons. The van der Waals surface area contributed by atoms with Crippen molar-refractivity contribution in [2.45, 2.75) is 27.2 Å². The number of nitrogens with zero attached hydrogens (tertiary/aromatic N) is 3. The summed E-state index contributed by atoms with van der Waals surface area (Å²) in [6, 6.07) is 9.61. The molecule has 5 nitrogen and oxygen atoms in total. The molecule has 1 heterocycles. The second-order valence-corrected chi connectivity index (χ2v) is 5.10. The van der Waals surface area contributed by atoms with Gasteiger partial charge < -0.3 is 10.2 Å². The zero-order chi connectivity index (χ0) is 15.9. The van der Waals surface area contributed by atoms with E-state index in [0.29, 0.717) is 18.1 Å². The van der Waals surface area contributed by atoms with Gasteiger partial charge in [0.1, 0.15) is 17.8 Å². The van der Waals surface area contributed by atoms with Crippen LogP contribution in [0.25, 0.3) is 0 Å². The second kappa shape index (κ2) is 7.54. The van der Waals surface area contributed by atoms with Crippen molar-refractivity contribution in [1.82, 2.24) is 9.97 Å². The lowest BCUT2D eigenvalue weighted by Gasteiger charge is -2.21. The maximum absolute atomic E-state index is 12.7. The molecular formula is C17H22N4O. The van der Waals surface area contributed by atoms with Gasteiger partial charge in [0.25, 0.3) is 5.91 Å². The van der Waals surface area contributed by atoms with E-state index >= 15 is 0 Å². The number of benzene rings is 1. The lowest BCUT2D eigenvalue weighted by Crippen LogP contribution is -2.31. The monoisotopic (exact) mass is 298 g/mol. The molecule has 0 saturated carbocycles. The summed E-state index contributed by atoms with van der Waals surface area (Å²) >= 11 is 0. The molecule has 0 spiro atoms. The third-order valence-corrected chi connectivity index (χ3v) is 3.32. The van der Waals surface area contributed by atoms with Crippen molar-refractivity contribution in [3.63, 3.8) is 0 Å². The number of hydrogen-bond donors (Lipinski definition) is 1. The average Bonchev–Trinajstić information content (AvgIpc) is 2.54. The number of aromatic nitrogens is 2. The summed E-state index contributed by atoms with van der Waals surface area (Å²) in [6.07, 6.45) is 2.42. The van der Waals surface area contributed by atoms with E-state index in [1.54, 1.807) is 11.0 Å². The van der Waals surface area contributed by atoms with Crippen molar-refractivity contribution in [2.24, 2.45) is 0 Å². The van der Waals surface area contributed by atoms with E-state index in [4.69, 9.17) is 0 Å². The highest BCUT2D eigenvalue weighted by Crippen LogP contribution is 2.18. The van der Waals surface area contributed by atoms with Crippen molar-refractivity contribution < 1.29 is 4.79 Å². The molecule has 1 N–H and O–H groups in total. The second-order valence-electron chi connectivity index (χ2n) is 5.10. The first-order valence-electron chi connectivity index (χ1n) is 7.60. The first-order valence-corrected chi connectivity index (χ1v) is 7.60. The molecule has 22 heavy (non-hydrogen) atoms. The molecule has 0 radical (unpaired) electrons. The van der Waals surface area contributed by atoms with Crippen molar-refractivity contribution in [1.29, 1.82) is 0 Å². The van der Waals surface area contributed by atoms with Crippen LogP contribution < -0.4 is 10.2 Å². The zero-order valence-corrected chi connectivity index (χ0v) is 13.3. The molecular weight excluding hydrogens is 276 g/mol. The Kier molecular flexibility index (Phi) is 5.47. The normalized spacial score (nSPS) is 10.3. The van der Waals surface area contributed by atoms with Gasteiger partial charge in [-0.15, -0.1) is 0 Å². The minimum absolute atomic E-state index is 0.116. The number of carbonyl (C=O) groups is 1. The first kappa shape index (κ1) is 15.9. The lowest BCUT2D eigenvalue weighted by molar-refractivity contribution is 0.0983. The molecule has 0 atom stereocenters. The van der Waals surface area contributed by atoms with E-state index in [-0.39, 0.29) is 5.91 Å². The van der Waals surface area contributed by atoms with Crippen molar-refractivity contribution in [3.8, 4) is 0 Å². The Labute approximate surface area is 131 Å². The molecule has 0 aliphatic heterocycles. The molecule has 0 unspecified atom stereocenters. The molecule has 0 aliphatic carbocycles. The van der Waals surface area contributed by atoms with E-state index in [0.717, 1.165) is 24.2 Å². The highest BCUT2D eigenvalue weighted by Gasteiger charge is 2.18. The predicted octanol–water partition coefficient (Wildman–Crippen LogP) is 3.27. The molecule has 1 aromatic carbocycles. The largest absolute Gasteiger partial charge is 0.370 e. The first-order chi connectivity index (χ1) is 10.7. The van der Waals surface area contributed by atoms with Crippen LogP contribution in [-0.4, -0.2) is 29.0 Å². The molecule has 2 aromatic rings. The fourth-order valence-electron chi connectivity index (χ4n) is 2.20. The molecule has 0 bridgehead atoms. The fraction of sp³-hybridized carbons (Fsp3) is 0.353. The number of amides is 1. The van der Waals surface area contributed by atoms with E-state index in [1.807, 2.05) is 38.1 Å². The molecule has 1 amide bonds. The van der Waals surface area contributed by atoms with Crippen LogP contribution in [0.5, 0.6) is 0 Å². The van der Waals surface area contributed by atoms with Crippen LogP contribution in [0.1, 0.15) is 36.3 Å². The Balaban J connectivity index is 2.25. The van der Waals surface area contributed by atoms with Gasteiger partial charge in [0, 0.05) is 24.8 Å². The van der Waals surface area contributed by atoms with Crippen LogP contribution in [0.15, 0.2) is 36.7 Å². The van der Waals surface area contributed by atoms with Crippen LogP contribution in [0, 0.1) is 6.92 Å². The van der Waals surface area contributed by atoms with E-state index in [2.05, 4.69) is 22.2 Å². The lowest BCUT2D eigenvalue weighted by atomic mass is 10.2. The van der Waals surface area contributed by atoms with Gasteiger partial charge in [0.05, 0.1) is 0 Å². The maximum atomic E-state index is 12.7. The fourth-order valence-corrected chi connectivity index (χ4v) is 2.20. The molecule has 0 saturated heterocycles. The highest BCUT2D eigenvalue weighted by molar-refractivity contribution is 6.05. The van der Waals surface area contributed by atoms with E-state index < -0.39 is 0 Å². The van der Waals surface area contributed by atoms with Crippen LogP contribution in [-0.2, 0) is 0 Å². The Hall–Kier alpha value is -2.43. The number of anilines is 2. The summed E-state index contributed by atoms with van der Waals surface area (Å²) in [5.41, 5.74) is 2.41. The topological polar surface area (TPSA) is 58.1 Å². The predicted molar refractivity (Wildman–Crippen MR) is 89.3 cm³/mol. The average molecular weight is 298 g/mol. The summed E-state index contributed by atoms with van der Waals surface area (Å²) in [5.74, 6) is 0.565. The Morgan fingerprint density at radius 1 is 1.23 bits per heavy atom. The van der Waals surface area contributed by atoms with Gasteiger partial charge in [-0.1, -0.05) is 19.1 Å². The van der Waals surface area contributed by atoms with Gasteiger partial charge >= 0.3 is 0 Å². The van der Waals surface area contributed by atoms with Crippen LogP contribution in [0.3, 0.4) is 0 Å². The summed E-state index contributed by atoms with van der Waals surface area (Å²) in [5, 5.41) is 3.17. The molecule has 0 fully saturated rings. The van der Waals surface area contributed by atoms with Crippen LogP contribution >= 0.6 is 0 Å². The summed E-state index contributed by atoms with van der Waals surface area (Å²) in [4.78, 5) is 22.7. The molecule has 2 rings (SSSR count). The van der Waals surface area contributed by atoms with Gasteiger partial charge in [0.2, 0.25) is 0 Å². The number of nitrogens with one attached hydrogen (secondary N) is 1. The minimum atomic E-state index is -0.116. The minimum Gasteiger partial charge on any atom is -0.370 e. The highest BCUT2D eigenvalue weighted by atomic mass is 16.2. The number of carbonyl (C=O) groups excluding carboxylic acids is 1. The summed E-state index contributed by atoms with van der Waals surface area (Å²) in [7, 11) is 0. The smallest absolute Gasteiger partial charge is 0.277 e. The summed E-state index contributed by atoms with van der Waals surface area (Å²) < 4.78 is 0. The van der Waals surface area contributed by atoms with E-state index in [1.165, 1.54) is 6.33 Å². The molecule has 1 aromatic heterocycles. The van der Waals surface area contributed by atoms with Crippen molar-refractivity contribution in [2.75, 3.05) is 23.3 Å².